The first kappa shape index (κ1) is 6.79. The summed E-state index contributed by atoms with van der Waals surface area (Å²) < 4.78 is 0. The van der Waals surface area contributed by atoms with Gasteiger partial charge in [0.25, 0.3) is 0 Å². The third kappa shape index (κ3) is 1.40. The molecule has 2 N–H and O–H groups in total. The van der Waals surface area contributed by atoms with Gasteiger partial charge in [0.05, 0.1) is 6.67 Å². The minimum Gasteiger partial charge on any atom is -0.277 e. The second kappa shape index (κ2) is 3.00. The second-order valence-corrected chi connectivity index (χ2v) is 2.43. The molecule has 0 spiro atoms. The molecule has 0 aromatic heterocycles. The molecule has 1 aromatic rings. The van der Waals surface area contributed by atoms with Crippen LogP contribution in [-0.4, -0.2) is 6.67 Å². The molecule has 58 valence electrons. The van der Waals surface area contributed by atoms with Crippen LogP contribution in [0.3, 0.4) is 0 Å². The fraction of sp³-hybridized carbons (Fsp3) is 0.250. The van der Waals surface area contributed by atoms with Crippen LogP contribution in [0.15, 0.2) is 30.3 Å². The predicted molar refractivity (Wildman–Crippen MR) is 41.4 cm³/mol. The lowest BCUT2D eigenvalue weighted by Gasteiger charge is -2.06. The Bertz CT molecular complexity index is 219. The molecule has 0 radical (unpaired) electrons. The monoisotopic (exact) mass is 150 g/mol. The van der Waals surface area contributed by atoms with E-state index in [9.17, 15) is 0 Å². The first-order valence-electron chi connectivity index (χ1n) is 3.63. The van der Waals surface area contributed by atoms with E-state index >= 15 is 0 Å². The zero-order valence-corrected chi connectivity index (χ0v) is 6.08. The third-order valence-corrected chi connectivity index (χ3v) is 1.66. The molecule has 11 heavy (non-hydrogen) atoms. The summed E-state index contributed by atoms with van der Waals surface area (Å²) in [4.78, 5) is 5.18. The van der Waals surface area contributed by atoms with Crippen LogP contribution in [-0.2, 0) is 4.84 Å². The van der Waals surface area contributed by atoms with Crippen molar-refractivity contribution in [1.29, 1.82) is 0 Å². The molecule has 0 amide bonds. The van der Waals surface area contributed by atoms with Gasteiger partial charge in [0.2, 0.25) is 0 Å². The van der Waals surface area contributed by atoms with Crippen LogP contribution in [0, 0.1) is 0 Å². The number of hydrogen-bond donors (Lipinski definition) is 2. The van der Waals surface area contributed by atoms with Crippen LogP contribution >= 0.6 is 0 Å². The van der Waals surface area contributed by atoms with E-state index in [1.165, 1.54) is 0 Å². The van der Waals surface area contributed by atoms with Crippen molar-refractivity contribution in [3.05, 3.63) is 35.9 Å². The predicted octanol–water partition coefficient (Wildman–Crippen LogP) is 0.767. The summed E-state index contributed by atoms with van der Waals surface area (Å²) in [6.45, 7) is 0.708. The molecule has 1 saturated heterocycles. The number of rotatable bonds is 1. The van der Waals surface area contributed by atoms with Gasteiger partial charge in [-0.2, -0.15) is 5.48 Å². The molecule has 1 fully saturated rings. The van der Waals surface area contributed by atoms with E-state index in [1.54, 1.807) is 0 Å². The van der Waals surface area contributed by atoms with Gasteiger partial charge < -0.3 is 0 Å². The summed E-state index contributed by atoms with van der Waals surface area (Å²) in [5.41, 5.74) is 3.91. The maximum Gasteiger partial charge on any atom is 0.156 e. The molecule has 0 saturated carbocycles. The second-order valence-electron chi connectivity index (χ2n) is 2.43. The maximum atomic E-state index is 5.18. The Kier molecular flexibility index (Phi) is 1.85. The fourth-order valence-corrected chi connectivity index (χ4v) is 1.11. The summed E-state index contributed by atoms with van der Waals surface area (Å²) >= 11 is 0. The molecule has 1 aromatic carbocycles. The van der Waals surface area contributed by atoms with E-state index < -0.39 is 0 Å². The van der Waals surface area contributed by atoms with Gasteiger partial charge in [-0.05, 0) is 5.56 Å². The third-order valence-electron chi connectivity index (χ3n) is 1.66. The molecule has 1 atom stereocenters. The molecule has 0 aliphatic carbocycles. The fourth-order valence-electron chi connectivity index (χ4n) is 1.11. The summed E-state index contributed by atoms with van der Waals surface area (Å²) in [7, 11) is 0. The van der Waals surface area contributed by atoms with E-state index in [-0.39, 0.29) is 6.23 Å². The minimum absolute atomic E-state index is 0.0104. The normalized spacial score (nSPS) is 23.8. The van der Waals surface area contributed by atoms with Gasteiger partial charge >= 0.3 is 0 Å². The lowest BCUT2D eigenvalue weighted by molar-refractivity contribution is 0.0277. The van der Waals surface area contributed by atoms with Gasteiger partial charge in [-0.15, -0.1) is 0 Å². The highest BCUT2D eigenvalue weighted by Gasteiger charge is 2.15. The van der Waals surface area contributed by atoms with E-state index in [2.05, 4.69) is 10.8 Å². The molecule has 3 nitrogen and oxygen atoms in total. The van der Waals surface area contributed by atoms with E-state index in [0.717, 1.165) is 5.56 Å². The Hall–Kier alpha value is -0.900. The average molecular weight is 150 g/mol. The molecule has 1 aliphatic rings. The summed E-state index contributed by atoms with van der Waals surface area (Å²) in [5.74, 6) is 0. The van der Waals surface area contributed by atoms with Crippen molar-refractivity contribution in [3.63, 3.8) is 0 Å². The highest BCUT2D eigenvalue weighted by molar-refractivity contribution is 5.17. The van der Waals surface area contributed by atoms with Gasteiger partial charge in [0.15, 0.2) is 6.23 Å². The Morgan fingerprint density at radius 1 is 1.27 bits per heavy atom. The zero-order valence-electron chi connectivity index (χ0n) is 6.08. The van der Waals surface area contributed by atoms with Gasteiger partial charge in [0, 0.05) is 0 Å². The van der Waals surface area contributed by atoms with Crippen LogP contribution < -0.4 is 10.8 Å². The van der Waals surface area contributed by atoms with Crippen LogP contribution in [0.5, 0.6) is 0 Å². The molecule has 1 aliphatic heterocycles. The molecule has 3 heteroatoms. The Morgan fingerprint density at radius 3 is 2.73 bits per heavy atom. The SMILES string of the molecule is c1ccc(C2NCNO2)cc1. The largest absolute Gasteiger partial charge is 0.277 e. The number of nitrogens with one attached hydrogen (secondary N) is 2. The van der Waals surface area contributed by atoms with Crippen LogP contribution in [0.2, 0.25) is 0 Å². The average Bonchev–Trinajstić information content (AvgIpc) is 2.58. The van der Waals surface area contributed by atoms with Gasteiger partial charge in [-0.3, -0.25) is 10.2 Å². The van der Waals surface area contributed by atoms with E-state index in [0.29, 0.717) is 6.67 Å². The van der Waals surface area contributed by atoms with Crippen LogP contribution in [0.4, 0.5) is 0 Å². The molecular weight excluding hydrogens is 140 g/mol. The molecule has 2 rings (SSSR count). The van der Waals surface area contributed by atoms with Crippen molar-refractivity contribution in [2.75, 3.05) is 6.67 Å². The van der Waals surface area contributed by atoms with Gasteiger partial charge in [-0.25, -0.2) is 0 Å². The Labute approximate surface area is 65.3 Å². The summed E-state index contributed by atoms with van der Waals surface area (Å²) in [5, 5.41) is 3.14. The van der Waals surface area contributed by atoms with Crippen LogP contribution in [0.1, 0.15) is 11.8 Å². The number of benzene rings is 1. The van der Waals surface area contributed by atoms with Crippen molar-refractivity contribution < 1.29 is 4.84 Å². The Morgan fingerprint density at radius 2 is 2.09 bits per heavy atom. The van der Waals surface area contributed by atoms with Crippen molar-refractivity contribution in [3.8, 4) is 0 Å². The maximum absolute atomic E-state index is 5.18. The van der Waals surface area contributed by atoms with Crippen LogP contribution in [0.25, 0.3) is 0 Å². The summed E-state index contributed by atoms with van der Waals surface area (Å²) in [6, 6.07) is 10.1. The molecule has 0 bridgehead atoms. The number of hydroxylamine groups is 1. The molecule has 1 heterocycles. The molecular formula is C8H10N2O. The van der Waals surface area contributed by atoms with E-state index in [4.69, 9.17) is 4.84 Å². The quantitative estimate of drug-likeness (QED) is 0.620. The van der Waals surface area contributed by atoms with E-state index in [1.807, 2.05) is 30.3 Å². The zero-order chi connectivity index (χ0) is 7.52. The lowest BCUT2D eigenvalue weighted by atomic mass is 10.2. The van der Waals surface area contributed by atoms with Crippen molar-refractivity contribution >= 4 is 0 Å². The highest BCUT2D eigenvalue weighted by atomic mass is 16.7. The smallest absolute Gasteiger partial charge is 0.156 e. The topological polar surface area (TPSA) is 33.3 Å². The lowest BCUT2D eigenvalue weighted by Crippen LogP contribution is -2.14. The van der Waals surface area contributed by atoms with Gasteiger partial charge in [-0.1, -0.05) is 30.3 Å². The molecule has 1 unspecified atom stereocenters. The van der Waals surface area contributed by atoms with Gasteiger partial charge in [0.1, 0.15) is 0 Å². The first-order valence-corrected chi connectivity index (χ1v) is 3.63. The minimum atomic E-state index is 0.0104. The van der Waals surface area contributed by atoms with Crippen molar-refractivity contribution in [2.45, 2.75) is 6.23 Å². The highest BCUT2D eigenvalue weighted by Crippen LogP contribution is 2.14. The Balaban J connectivity index is 2.16. The van der Waals surface area contributed by atoms with Crippen molar-refractivity contribution in [1.82, 2.24) is 10.8 Å². The first-order chi connectivity index (χ1) is 5.47. The standard InChI is InChI=1S/C8H10N2O/c1-2-4-7(5-3-1)8-9-6-10-11-8/h1-5,8-10H,6H2. The number of hydrogen-bond acceptors (Lipinski definition) is 3. The van der Waals surface area contributed by atoms with Crippen molar-refractivity contribution in [2.24, 2.45) is 0 Å². The summed E-state index contributed by atoms with van der Waals surface area (Å²) in [6.07, 6.45) is 0.0104.